The standard InChI is InChI=1S/C13H9Cl3N2O2/c14-8-2-1-3-9(6-8)17-13(19)18(20)10-4-5-11(15)12(16)7-10/h1-7,20H,(H,17,19). The Kier molecular flexibility index (Phi) is 4.73. The molecule has 2 N–H and O–H groups in total. The number of hydrogen-bond donors (Lipinski definition) is 2. The number of rotatable bonds is 2. The number of carbonyl (C=O) groups is 1. The molecule has 2 aromatic carbocycles. The molecule has 0 saturated heterocycles. The zero-order valence-electron chi connectivity index (χ0n) is 9.98. The van der Waals surface area contributed by atoms with Gasteiger partial charge in [0.1, 0.15) is 0 Å². The van der Waals surface area contributed by atoms with Gasteiger partial charge in [-0.15, -0.1) is 0 Å². The van der Waals surface area contributed by atoms with Crippen LogP contribution in [0.4, 0.5) is 16.2 Å². The highest BCUT2D eigenvalue weighted by Crippen LogP contribution is 2.27. The zero-order chi connectivity index (χ0) is 14.7. The molecular formula is C13H9Cl3N2O2. The van der Waals surface area contributed by atoms with Crippen molar-refractivity contribution in [3.63, 3.8) is 0 Å². The van der Waals surface area contributed by atoms with Gasteiger partial charge in [0.2, 0.25) is 0 Å². The van der Waals surface area contributed by atoms with Gasteiger partial charge in [-0.3, -0.25) is 5.21 Å². The molecule has 0 radical (unpaired) electrons. The molecule has 0 saturated carbocycles. The average molecular weight is 332 g/mol. The fourth-order valence-corrected chi connectivity index (χ4v) is 1.96. The van der Waals surface area contributed by atoms with Crippen LogP contribution >= 0.6 is 34.8 Å². The lowest BCUT2D eigenvalue weighted by molar-refractivity contribution is 0.216. The van der Waals surface area contributed by atoms with Crippen molar-refractivity contribution in [3.05, 3.63) is 57.5 Å². The maximum atomic E-state index is 11.9. The Balaban J connectivity index is 2.14. The summed E-state index contributed by atoms with van der Waals surface area (Å²) in [4.78, 5) is 11.9. The molecule has 0 bridgehead atoms. The Morgan fingerprint density at radius 2 is 1.80 bits per heavy atom. The Morgan fingerprint density at radius 1 is 1.05 bits per heavy atom. The van der Waals surface area contributed by atoms with E-state index < -0.39 is 6.03 Å². The third-order valence-corrected chi connectivity index (χ3v) is 3.39. The minimum Gasteiger partial charge on any atom is -0.306 e. The van der Waals surface area contributed by atoms with Crippen molar-refractivity contribution in [1.82, 2.24) is 0 Å². The largest absolute Gasteiger partial charge is 0.350 e. The third-order valence-electron chi connectivity index (χ3n) is 2.42. The van der Waals surface area contributed by atoms with Crippen LogP contribution < -0.4 is 10.4 Å². The SMILES string of the molecule is O=C(Nc1cccc(Cl)c1)N(O)c1ccc(Cl)c(Cl)c1. The quantitative estimate of drug-likeness (QED) is 0.596. The van der Waals surface area contributed by atoms with Gasteiger partial charge in [0.05, 0.1) is 15.7 Å². The summed E-state index contributed by atoms with van der Waals surface area (Å²) < 4.78 is 0. The minimum absolute atomic E-state index is 0.193. The maximum absolute atomic E-state index is 11.9. The Bertz CT molecular complexity index is 649. The predicted molar refractivity (Wildman–Crippen MR) is 81.2 cm³/mol. The van der Waals surface area contributed by atoms with Gasteiger partial charge in [-0.25, -0.2) is 4.79 Å². The first-order chi connectivity index (χ1) is 9.47. The smallest absolute Gasteiger partial charge is 0.306 e. The first-order valence-electron chi connectivity index (χ1n) is 5.48. The number of anilines is 2. The van der Waals surface area contributed by atoms with Crippen LogP contribution in [0.1, 0.15) is 0 Å². The number of benzene rings is 2. The molecule has 0 aliphatic heterocycles. The van der Waals surface area contributed by atoms with Crippen LogP contribution in [0.2, 0.25) is 15.1 Å². The molecule has 0 spiro atoms. The number of amides is 2. The van der Waals surface area contributed by atoms with Crippen LogP contribution in [0, 0.1) is 0 Å². The van der Waals surface area contributed by atoms with Gasteiger partial charge in [-0.2, -0.15) is 5.06 Å². The molecule has 0 aliphatic rings. The van der Waals surface area contributed by atoms with E-state index in [9.17, 15) is 10.0 Å². The van der Waals surface area contributed by atoms with Gasteiger partial charge in [0.15, 0.2) is 0 Å². The molecule has 104 valence electrons. The van der Waals surface area contributed by atoms with E-state index in [0.29, 0.717) is 20.8 Å². The predicted octanol–water partition coefficient (Wildman–Crippen LogP) is 5.07. The number of urea groups is 1. The lowest BCUT2D eigenvalue weighted by Crippen LogP contribution is -2.31. The van der Waals surface area contributed by atoms with Crippen molar-refractivity contribution < 1.29 is 10.0 Å². The Morgan fingerprint density at radius 3 is 2.45 bits per heavy atom. The summed E-state index contributed by atoms with van der Waals surface area (Å²) in [7, 11) is 0. The molecule has 7 heteroatoms. The first kappa shape index (κ1) is 14.9. The second kappa shape index (κ2) is 6.33. The fourth-order valence-electron chi connectivity index (χ4n) is 1.48. The van der Waals surface area contributed by atoms with Crippen molar-refractivity contribution in [2.45, 2.75) is 0 Å². The van der Waals surface area contributed by atoms with E-state index in [1.807, 2.05) is 0 Å². The van der Waals surface area contributed by atoms with Gasteiger partial charge >= 0.3 is 6.03 Å². The molecule has 0 fully saturated rings. The molecule has 0 aromatic heterocycles. The van der Waals surface area contributed by atoms with Crippen molar-refractivity contribution in [1.29, 1.82) is 0 Å². The van der Waals surface area contributed by atoms with Crippen LogP contribution in [0.3, 0.4) is 0 Å². The van der Waals surface area contributed by atoms with Crippen molar-refractivity contribution in [3.8, 4) is 0 Å². The van der Waals surface area contributed by atoms with Crippen LogP contribution in [-0.4, -0.2) is 11.2 Å². The van der Waals surface area contributed by atoms with Crippen molar-refractivity contribution in [2.75, 3.05) is 10.4 Å². The molecule has 0 atom stereocenters. The summed E-state index contributed by atoms with van der Waals surface area (Å²) in [6.45, 7) is 0. The summed E-state index contributed by atoms with van der Waals surface area (Å²) in [5, 5.41) is 13.8. The second-order valence-electron chi connectivity index (χ2n) is 3.85. The molecule has 2 rings (SSSR count). The van der Waals surface area contributed by atoms with E-state index in [-0.39, 0.29) is 10.7 Å². The lowest BCUT2D eigenvalue weighted by atomic mass is 10.3. The van der Waals surface area contributed by atoms with E-state index in [1.54, 1.807) is 24.3 Å². The van der Waals surface area contributed by atoms with Crippen molar-refractivity contribution in [2.24, 2.45) is 0 Å². The molecule has 0 heterocycles. The summed E-state index contributed by atoms with van der Waals surface area (Å²) >= 11 is 17.4. The van der Waals surface area contributed by atoms with Crippen LogP contribution in [0.5, 0.6) is 0 Å². The zero-order valence-corrected chi connectivity index (χ0v) is 12.2. The number of hydrogen-bond acceptors (Lipinski definition) is 2. The molecule has 2 amide bonds. The maximum Gasteiger partial charge on any atom is 0.350 e. The molecule has 20 heavy (non-hydrogen) atoms. The van der Waals surface area contributed by atoms with Crippen LogP contribution in [0.15, 0.2) is 42.5 Å². The van der Waals surface area contributed by atoms with Crippen LogP contribution in [-0.2, 0) is 0 Å². The molecule has 2 aromatic rings. The molecule has 4 nitrogen and oxygen atoms in total. The average Bonchev–Trinajstić information content (AvgIpc) is 2.41. The number of halogens is 3. The molecule has 0 aliphatic carbocycles. The van der Waals surface area contributed by atoms with E-state index in [2.05, 4.69) is 5.32 Å². The summed E-state index contributed by atoms with van der Waals surface area (Å²) in [6, 6.07) is 10.1. The van der Waals surface area contributed by atoms with E-state index >= 15 is 0 Å². The van der Waals surface area contributed by atoms with Gasteiger partial charge in [0, 0.05) is 10.7 Å². The Labute approximate surface area is 130 Å². The van der Waals surface area contributed by atoms with Gasteiger partial charge < -0.3 is 5.32 Å². The number of nitrogens with one attached hydrogen (secondary N) is 1. The summed E-state index contributed by atoms with van der Waals surface area (Å²) in [5.74, 6) is 0. The molecular weight excluding hydrogens is 323 g/mol. The number of carbonyl (C=O) groups excluding carboxylic acids is 1. The summed E-state index contributed by atoms with van der Waals surface area (Å²) in [5.41, 5.74) is 0.653. The molecule has 0 unspecified atom stereocenters. The first-order valence-corrected chi connectivity index (χ1v) is 6.61. The highest BCUT2D eigenvalue weighted by atomic mass is 35.5. The highest BCUT2D eigenvalue weighted by molar-refractivity contribution is 6.42. The number of hydroxylamine groups is 1. The lowest BCUT2D eigenvalue weighted by Gasteiger charge is -2.16. The van der Waals surface area contributed by atoms with Gasteiger partial charge in [-0.1, -0.05) is 40.9 Å². The number of nitrogens with zero attached hydrogens (tertiary/aromatic N) is 1. The Hall–Kier alpha value is -1.46. The minimum atomic E-state index is -0.745. The van der Waals surface area contributed by atoms with E-state index in [4.69, 9.17) is 34.8 Å². The van der Waals surface area contributed by atoms with Crippen LogP contribution in [0.25, 0.3) is 0 Å². The van der Waals surface area contributed by atoms with Gasteiger partial charge in [-0.05, 0) is 36.4 Å². The third kappa shape index (κ3) is 3.55. The fraction of sp³-hybridized carbons (Fsp3) is 0. The summed E-state index contributed by atoms with van der Waals surface area (Å²) in [6.07, 6.45) is 0. The normalized spacial score (nSPS) is 10.2. The second-order valence-corrected chi connectivity index (χ2v) is 5.10. The van der Waals surface area contributed by atoms with Crippen molar-refractivity contribution >= 4 is 52.2 Å². The van der Waals surface area contributed by atoms with Gasteiger partial charge in [0.25, 0.3) is 0 Å². The monoisotopic (exact) mass is 330 g/mol. The van der Waals surface area contributed by atoms with E-state index in [1.165, 1.54) is 18.2 Å². The van der Waals surface area contributed by atoms with E-state index in [0.717, 1.165) is 0 Å². The highest BCUT2D eigenvalue weighted by Gasteiger charge is 2.14. The topological polar surface area (TPSA) is 52.6 Å².